The molecule has 3 aromatic carbocycles. The molecule has 0 unspecified atom stereocenters. The molecule has 2 amide bonds. The van der Waals surface area contributed by atoms with Crippen LogP contribution in [0.3, 0.4) is 0 Å². The number of hydrogen-bond donors (Lipinski definition) is 2. The second-order valence-electron chi connectivity index (χ2n) is 8.74. The Kier molecular flexibility index (Phi) is 9.44. The van der Waals surface area contributed by atoms with E-state index in [1.165, 1.54) is 0 Å². The Morgan fingerprint density at radius 3 is 2.34 bits per heavy atom. The number of carbonyl (C=O) groups excluding carboxylic acids is 2. The summed E-state index contributed by atoms with van der Waals surface area (Å²) in [5.41, 5.74) is 2.57. The van der Waals surface area contributed by atoms with E-state index < -0.39 is 0 Å². The summed E-state index contributed by atoms with van der Waals surface area (Å²) in [5, 5.41) is 6.78. The SMILES string of the molecule is CCCOc1ccc(C(=O)N2CCN(c3ccc(NC(=S)NC(=O)c4cccc(Cl)c4)cc3Cl)CC2)cc1. The molecule has 2 N–H and O–H groups in total. The number of carbonyl (C=O) groups is 2. The number of benzene rings is 3. The molecule has 3 aromatic rings. The number of halogens is 2. The van der Waals surface area contributed by atoms with Crippen molar-refractivity contribution in [1.29, 1.82) is 0 Å². The third-order valence-corrected chi connectivity index (χ3v) is 6.74. The van der Waals surface area contributed by atoms with Crippen molar-refractivity contribution in [2.75, 3.05) is 43.0 Å². The van der Waals surface area contributed by atoms with Crippen LogP contribution >= 0.6 is 35.4 Å². The smallest absolute Gasteiger partial charge is 0.257 e. The minimum atomic E-state index is -0.360. The van der Waals surface area contributed by atoms with Gasteiger partial charge in [0.25, 0.3) is 11.8 Å². The van der Waals surface area contributed by atoms with E-state index in [0.29, 0.717) is 59.6 Å². The van der Waals surface area contributed by atoms with E-state index in [0.717, 1.165) is 17.9 Å². The van der Waals surface area contributed by atoms with Crippen LogP contribution in [0.25, 0.3) is 0 Å². The first kappa shape index (κ1) is 27.7. The van der Waals surface area contributed by atoms with Gasteiger partial charge in [-0.15, -0.1) is 0 Å². The summed E-state index contributed by atoms with van der Waals surface area (Å²) in [6, 6.07) is 19.4. The maximum Gasteiger partial charge on any atom is 0.257 e. The van der Waals surface area contributed by atoms with Gasteiger partial charge >= 0.3 is 0 Å². The predicted octanol–water partition coefficient (Wildman–Crippen LogP) is 5.87. The summed E-state index contributed by atoms with van der Waals surface area (Å²) < 4.78 is 5.60. The normalized spacial score (nSPS) is 13.1. The molecule has 0 spiro atoms. The average molecular weight is 572 g/mol. The van der Waals surface area contributed by atoms with E-state index in [1.807, 2.05) is 41.3 Å². The lowest BCUT2D eigenvalue weighted by Gasteiger charge is -2.36. The molecule has 1 saturated heterocycles. The van der Waals surface area contributed by atoms with Gasteiger partial charge in [0.05, 0.1) is 17.3 Å². The zero-order chi connectivity index (χ0) is 27.1. The highest BCUT2D eigenvalue weighted by molar-refractivity contribution is 7.80. The van der Waals surface area contributed by atoms with Gasteiger partial charge in [0.15, 0.2) is 5.11 Å². The first-order valence-corrected chi connectivity index (χ1v) is 13.4. The van der Waals surface area contributed by atoms with Crippen molar-refractivity contribution in [3.63, 3.8) is 0 Å². The number of nitrogens with zero attached hydrogens (tertiary/aromatic N) is 2. The van der Waals surface area contributed by atoms with E-state index in [9.17, 15) is 9.59 Å². The van der Waals surface area contributed by atoms with Crippen LogP contribution in [0, 0.1) is 0 Å². The number of nitrogens with one attached hydrogen (secondary N) is 2. The highest BCUT2D eigenvalue weighted by Gasteiger charge is 2.23. The minimum Gasteiger partial charge on any atom is -0.494 e. The molecule has 0 aliphatic carbocycles. The summed E-state index contributed by atoms with van der Waals surface area (Å²) in [4.78, 5) is 29.3. The highest BCUT2D eigenvalue weighted by Crippen LogP contribution is 2.30. The van der Waals surface area contributed by atoms with Crippen LogP contribution in [-0.4, -0.2) is 54.6 Å². The van der Waals surface area contributed by atoms with Crippen LogP contribution in [0.4, 0.5) is 11.4 Å². The van der Waals surface area contributed by atoms with Gasteiger partial charge in [-0.05, 0) is 79.3 Å². The maximum absolute atomic E-state index is 12.9. The van der Waals surface area contributed by atoms with E-state index in [2.05, 4.69) is 22.5 Å². The summed E-state index contributed by atoms with van der Waals surface area (Å²) in [5.74, 6) is 0.414. The number of rotatable bonds is 7. The van der Waals surface area contributed by atoms with Gasteiger partial charge in [-0.25, -0.2) is 0 Å². The van der Waals surface area contributed by atoms with Crippen molar-refractivity contribution < 1.29 is 14.3 Å². The van der Waals surface area contributed by atoms with Gasteiger partial charge in [-0.3, -0.25) is 14.9 Å². The van der Waals surface area contributed by atoms with Crippen molar-refractivity contribution in [1.82, 2.24) is 10.2 Å². The first-order chi connectivity index (χ1) is 18.3. The first-order valence-electron chi connectivity index (χ1n) is 12.3. The lowest BCUT2D eigenvalue weighted by Crippen LogP contribution is -2.48. The van der Waals surface area contributed by atoms with Crippen LogP contribution in [0.2, 0.25) is 10.0 Å². The fraction of sp³-hybridized carbons (Fsp3) is 0.250. The van der Waals surface area contributed by atoms with Gasteiger partial charge in [-0.2, -0.15) is 0 Å². The molecule has 1 aliphatic rings. The lowest BCUT2D eigenvalue weighted by atomic mass is 10.1. The Hall–Kier alpha value is -3.33. The monoisotopic (exact) mass is 570 g/mol. The molecular weight excluding hydrogens is 543 g/mol. The van der Waals surface area contributed by atoms with Crippen molar-refractivity contribution in [3.8, 4) is 5.75 Å². The average Bonchev–Trinajstić information content (AvgIpc) is 2.92. The zero-order valence-corrected chi connectivity index (χ0v) is 23.2. The summed E-state index contributed by atoms with van der Waals surface area (Å²) in [6.45, 7) is 5.19. The summed E-state index contributed by atoms with van der Waals surface area (Å²) in [7, 11) is 0. The molecule has 0 radical (unpaired) electrons. The van der Waals surface area contributed by atoms with Crippen LogP contribution in [0.5, 0.6) is 5.75 Å². The second-order valence-corrected chi connectivity index (χ2v) is 9.99. The Morgan fingerprint density at radius 1 is 0.947 bits per heavy atom. The van der Waals surface area contributed by atoms with E-state index in [1.54, 1.807) is 30.3 Å². The molecule has 10 heteroatoms. The van der Waals surface area contributed by atoms with Gasteiger partial charge in [0, 0.05) is 48.0 Å². The molecule has 1 heterocycles. The quantitative estimate of drug-likeness (QED) is 0.346. The van der Waals surface area contributed by atoms with Crippen molar-refractivity contribution in [2.45, 2.75) is 13.3 Å². The Balaban J connectivity index is 1.30. The third-order valence-electron chi connectivity index (χ3n) is 6.00. The molecule has 7 nitrogen and oxygen atoms in total. The lowest BCUT2D eigenvalue weighted by molar-refractivity contribution is 0.0746. The number of thiocarbonyl (C=S) groups is 1. The molecule has 0 atom stereocenters. The topological polar surface area (TPSA) is 73.9 Å². The van der Waals surface area contributed by atoms with Crippen LogP contribution in [0.1, 0.15) is 34.1 Å². The van der Waals surface area contributed by atoms with Gasteiger partial charge in [0.1, 0.15) is 5.75 Å². The predicted molar refractivity (Wildman–Crippen MR) is 157 cm³/mol. The molecule has 0 bridgehead atoms. The van der Waals surface area contributed by atoms with Crippen LogP contribution < -0.4 is 20.3 Å². The van der Waals surface area contributed by atoms with Crippen molar-refractivity contribution in [2.24, 2.45) is 0 Å². The van der Waals surface area contributed by atoms with Crippen LogP contribution in [0.15, 0.2) is 66.7 Å². The van der Waals surface area contributed by atoms with Crippen molar-refractivity contribution >= 4 is 63.7 Å². The second kappa shape index (κ2) is 13.0. The largest absolute Gasteiger partial charge is 0.494 e. The Labute approximate surface area is 237 Å². The molecule has 4 rings (SSSR count). The number of anilines is 2. The highest BCUT2D eigenvalue weighted by atomic mass is 35.5. The number of piperazine rings is 1. The number of hydrogen-bond acceptors (Lipinski definition) is 5. The van der Waals surface area contributed by atoms with Gasteiger partial charge in [0.2, 0.25) is 0 Å². The van der Waals surface area contributed by atoms with Gasteiger partial charge in [-0.1, -0.05) is 36.2 Å². The van der Waals surface area contributed by atoms with Crippen molar-refractivity contribution in [3.05, 3.63) is 87.9 Å². The fourth-order valence-electron chi connectivity index (χ4n) is 4.06. The molecule has 198 valence electrons. The molecule has 1 aliphatic heterocycles. The molecule has 0 saturated carbocycles. The number of amides is 2. The summed E-state index contributed by atoms with van der Waals surface area (Å²) >= 11 is 17.8. The van der Waals surface area contributed by atoms with Gasteiger partial charge < -0.3 is 19.9 Å². The van der Waals surface area contributed by atoms with E-state index in [-0.39, 0.29) is 16.9 Å². The van der Waals surface area contributed by atoms with E-state index >= 15 is 0 Å². The molecular formula is C28H28Cl2N4O3S. The summed E-state index contributed by atoms with van der Waals surface area (Å²) in [6.07, 6.45) is 0.935. The van der Waals surface area contributed by atoms with Crippen LogP contribution in [-0.2, 0) is 0 Å². The third kappa shape index (κ3) is 7.16. The molecule has 1 fully saturated rings. The molecule has 38 heavy (non-hydrogen) atoms. The van der Waals surface area contributed by atoms with E-state index in [4.69, 9.17) is 40.2 Å². The standard InChI is InChI=1S/C28H28Cl2N4O3S/c1-2-16-37-23-9-6-19(7-10-23)27(36)34-14-12-33(13-15-34)25-11-8-22(18-24(25)30)31-28(38)32-26(35)20-4-3-5-21(29)17-20/h3-11,17-18H,2,12-16H2,1H3,(H2,31,32,35,38). The Bertz CT molecular complexity index is 1310. The fourth-order valence-corrected chi connectivity index (χ4v) is 4.76. The number of ether oxygens (including phenoxy) is 1. The Morgan fingerprint density at radius 2 is 1.68 bits per heavy atom. The maximum atomic E-state index is 12.9. The zero-order valence-electron chi connectivity index (χ0n) is 20.9. The molecule has 0 aromatic heterocycles. The minimum absolute atomic E-state index is 0.00525.